The van der Waals surface area contributed by atoms with Gasteiger partial charge in [-0.2, -0.15) is 18.2 Å². The maximum Gasteiger partial charge on any atom is 0.339 e. The molecule has 3 rings (SSSR count). The Bertz CT molecular complexity index is 1220. The minimum atomic E-state index is -4.07. The summed E-state index contributed by atoms with van der Waals surface area (Å²) in [6.45, 7) is 5.78. The molecule has 0 aliphatic heterocycles. The van der Waals surface area contributed by atoms with Gasteiger partial charge in [-0.05, 0) is 54.3 Å². The highest BCUT2D eigenvalue weighted by molar-refractivity contribution is 7.87. The van der Waals surface area contributed by atoms with E-state index in [1.54, 1.807) is 6.07 Å². The summed E-state index contributed by atoms with van der Waals surface area (Å²) in [5, 5.41) is 3.79. The van der Waals surface area contributed by atoms with Crippen LogP contribution in [-0.2, 0) is 10.1 Å². The van der Waals surface area contributed by atoms with Crippen LogP contribution in [0, 0.1) is 6.92 Å². The molecule has 0 fully saturated rings. The largest absolute Gasteiger partial charge is 0.379 e. The van der Waals surface area contributed by atoms with Crippen molar-refractivity contribution in [2.24, 2.45) is 0 Å². The maximum atomic E-state index is 12.8. The summed E-state index contributed by atoms with van der Waals surface area (Å²) in [4.78, 5) is 12.1. The first-order chi connectivity index (χ1) is 13.6. The molecule has 0 spiro atoms. The van der Waals surface area contributed by atoms with Crippen molar-refractivity contribution in [1.29, 1.82) is 0 Å². The van der Waals surface area contributed by atoms with Crippen LogP contribution in [0.4, 0.5) is 0 Å². The van der Waals surface area contributed by atoms with Crippen molar-refractivity contribution in [2.45, 2.75) is 31.6 Å². The predicted octanol–water partition coefficient (Wildman–Crippen LogP) is 4.74. The summed E-state index contributed by atoms with van der Waals surface area (Å²) in [7, 11) is -4.07. The third-order valence-electron chi connectivity index (χ3n) is 4.24. The Hall–Kier alpha value is -2.35. The first kappa shape index (κ1) is 21.4. The Labute approximate surface area is 178 Å². The van der Waals surface area contributed by atoms with E-state index in [0.29, 0.717) is 11.4 Å². The van der Waals surface area contributed by atoms with Gasteiger partial charge in [-0.15, -0.1) is 0 Å². The minimum Gasteiger partial charge on any atom is -0.379 e. The molecule has 0 N–H and O–H groups in total. The maximum absolute atomic E-state index is 12.8. The van der Waals surface area contributed by atoms with Crippen molar-refractivity contribution >= 4 is 33.3 Å². The highest BCUT2D eigenvalue weighted by Crippen LogP contribution is 2.30. The molecule has 29 heavy (non-hydrogen) atoms. The quantitative estimate of drug-likeness (QED) is 0.522. The van der Waals surface area contributed by atoms with Crippen LogP contribution in [0.5, 0.6) is 5.75 Å². The van der Waals surface area contributed by atoms with Crippen LogP contribution in [-0.4, -0.2) is 18.2 Å². The number of benzene rings is 2. The Morgan fingerprint density at radius 2 is 1.72 bits per heavy atom. The van der Waals surface area contributed by atoms with Crippen LogP contribution in [0.2, 0.25) is 10.0 Å². The van der Waals surface area contributed by atoms with E-state index in [1.807, 2.05) is 32.9 Å². The standard InChI is InChI=1S/C20H18Cl2N2O4S/c1-12(2)16-9-4-13(3)10-18(16)28-29(26,27)15-7-5-14(6-8-15)24-20(25)19(22)17(21)11-23-24/h4-12H,1-3H3. The highest BCUT2D eigenvalue weighted by atomic mass is 35.5. The van der Waals surface area contributed by atoms with E-state index in [0.717, 1.165) is 15.8 Å². The van der Waals surface area contributed by atoms with E-state index in [4.69, 9.17) is 27.4 Å². The number of aryl methyl sites for hydroxylation is 1. The lowest BCUT2D eigenvalue weighted by molar-refractivity contribution is 0.481. The molecular weight excluding hydrogens is 435 g/mol. The molecule has 0 atom stereocenters. The summed E-state index contributed by atoms with van der Waals surface area (Å²) in [5.74, 6) is 0.391. The summed E-state index contributed by atoms with van der Waals surface area (Å²) in [6.07, 6.45) is 1.24. The van der Waals surface area contributed by atoms with Crippen molar-refractivity contribution in [3.8, 4) is 11.4 Å². The normalized spacial score (nSPS) is 11.7. The van der Waals surface area contributed by atoms with Gasteiger partial charge in [0.25, 0.3) is 5.56 Å². The summed E-state index contributed by atoms with van der Waals surface area (Å²) >= 11 is 11.6. The van der Waals surface area contributed by atoms with E-state index >= 15 is 0 Å². The molecule has 6 nitrogen and oxygen atoms in total. The van der Waals surface area contributed by atoms with Gasteiger partial charge in [-0.3, -0.25) is 4.79 Å². The zero-order chi connectivity index (χ0) is 21.3. The van der Waals surface area contributed by atoms with Gasteiger partial charge in [0.2, 0.25) is 0 Å². The van der Waals surface area contributed by atoms with Gasteiger partial charge in [-0.25, -0.2) is 0 Å². The average Bonchev–Trinajstić information content (AvgIpc) is 2.66. The lowest BCUT2D eigenvalue weighted by atomic mass is 10.0. The fraction of sp³-hybridized carbons (Fsp3) is 0.200. The molecule has 0 aliphatic rings. The van der Waals surface area contributed by atoms with Gasteiger partial charge >= 0.3 is 10.1 Å². The molecule has 0 radical (unpaired) electrons. The highest BCUT2D eigenvalue weighted by Gasteiger charge is 2.20. The third kappa shape index (κ3) is 4.47. The number of hydrogen-bond donors (Lipinski definition) is 0. The van der Waals surface area contributed by atoms with E-state index in [-0.39, 0.29) is 20.9 Å². The lowest BCUT2D eigenvalue weighted by Crippen LogP contribution is -2.21. The summed E-state index contributed by atoms with van der Waals surface area (Å²) in [6, 6.07) is 11.0. The SMILES string of the molecule is Cc1ccc(C(C)C)c(OS(=O)(=O)c2ccc(-n3ncc(Cl)c(Cl)c3=O)cc2)c1. The molecule has 0 saturated heterocycles. The zero-order valence-electron chi connectivity index (χ0n) is 15.9. The van der Waals surface area contributed by atoms with Gasteiger partial charge in [0, 0.05) is 0 Å². The lowest BCUT2D eigenvalue weighted by Gasteiger charge is -2.15. The zero-order valence-corrected chi connectivity index (χ0v) is 18.2. The van der Waals surface area contributed by atoms with Gasteiger partial charge < -0.3 is 4.18 Å². The van der Waals surface area contributed by atoms with E-state index < -0.39 is 15.7 Å². The number of aromatic nitrogens is 2. The van der Waals surface area contributed by atoms with Crippen molar-refractivity contribution in [1.82, 2.24) is 9.78 Å². The molecular formula is C20H18Cl2N2O4S. The topological polar surface area (TPSA) is 78.3 Å². The molecule has 0 bridgehead atoms. The van der Waals surface area contributed by atoms with Crippen molar-refractivity contribution in [3.63, 3.8) is 0 Å². The third-order valence-corrected chi connectivity index (χ3v) is 6.23. The first-order valence-electron chi connectivity index (χ1n) is 8.69. The second-order valence-corrected chi connectivity index (χ2v) is 9.08. The van der Waals surface area contributed by atoms with Crippen LogP contribution in [0.3, 0.4) is 0 Å². The van der Waals surface area contributed by atoms with Crippen molar-refractivity contribution < 1.29 is 12.6 Å². The fourth-order valence-electron chi connectivity index (χ4n) is 2.71. The smallest absolute Gasteiger partial charge is 0.339 e. The summed E-state index contributed by atoms with van der Waals surface area (Å²) in [5.41, 5.74) is 1.42. The van der Waals surface area contributed by atoms with Crippen LogP contribution in [0.1, 0.15) is 30.9 Å². The summed E-state index contributed by atoms with van der Waals surface area (Å²) < 4.78 is 32.0. The number of rotatable bonds is 5. The Morgan fingerprint density at radius 1 is 1.07 bits per heavy atom. The number of nitrogens with zero attached hydrogens (tertiary/aromatic N) is 2. The van der Waals surface area contributed by atoms with E-state index in [9.17, 15) is 13.2 Å². The molecule has 9 heteroatoms. The van der Waals surface area contributed by atoms with Crippen LogP contribution in [0.25, 0.3) is 5.69 Å². The number of halogens is 2. The minimum absolute atomic E-state index is 0.0413. The van der Waals surface area contributed by atoms with Crippen molar-refractivity contribution in [2.75, 3.05) is 0 Å². The molecule has 0 amide bonds. The molecule has 3 aromatic rings. The molecule has 2 aromatic carbocycles. The molecule has 1 heterocycles. The van der Waals surface area contributed by atoms with E-state index in [1.165, 1.54) is 30.5 Å². The number of hydrogen-bond acceptors (Lipinski definition) is 5. The van der Waals surface area contributed by atoms with Crippen LogP contribution >= 0.6 is 23.2 Å². The van der Waals surface area contributed by atoms with Crippen molar-refractivity contribution in [3.05, 3.63) is 80.2 Å². The van der Waals surface area contributed by atoms with Gasteiger partial charge in [-0.1, -0.05) is 49.2 Å². The van der Waals surface area contributed by atoms with Crippen LogP contribution < -0.4 is 9.74 Å². The molecule has 0 saturated carbocycles. The van der Waals surface area contributed by atoms with E-state index in [2.05, 4.69) is 5.10 Å². The first-order valence-corrected chi connectivity index (χ1v) is 10.9. The average molecular weight is 453 g/mol. The van der Waals surface area contributed by atoms with Crippen LogP contribution in [0.15, 0.2) is 58.4 Å². The second-order valence-electron chi connectivity index (χ2n) is 6.75. The molecule has 0 unspecified atom stereocenters. The second kappa shape index (κ2) is 8.18. The molecule has 0 aliphatic carbocycles. The Morgan fingerprint density at radius 3 is 2.34 bits per heavy atom. The Balaban J connectivity index is 1.95. The Kier molecular flexibility index (Phi) is 6.03. The fourth-order valence-corrected chi connectivity index (χ4v) is 3.91. The van der Waals surface area contributed by atoms with Gasteiger partial charge in [0.05, 0.1) is 16.9 Å². The van der Waals surface area contributed by atoms with Gasteiger partial charge in [0.15, 0.2) is 0 Å². The molecule has 1 aromatic heterocycles. The van der Waals surface area contributed by atoms with Gasteiger partial charge in [0.1, 0.15) is 15.7 Å². The molecule has 152 valence electrons. The monoisotopic (exact) mass is 452 g/mol. The predicted molar refractivity (Wildman–Crippen MR) is 113 cm³/mol.